The van der Waals surface area contributed by atoms with E-state index >= 15 is 0 Å². The number of carboxylic acids is 2. The number of hydrogen-bond donors (Lipinski definition) is 1. The molecule has 2 heterocycles. The Morgan fingerprint density at radius 2 is 1.88 bits per heavy atom. The molecule has 0 bridgehead atoms. The molecule has 0 aliphatic carbocycles. The highest BCUT2D eigenvalue weighted by atomic mass is 32.2. The molecule has 0 unspecified atom stereocenters. The van der Waals surface area contributed by atoms with Crippen LogP contribution in [0.4, 0.5) is 13.2 Å². The van der Waals surface area contributed by atoms with E-state index in [1.54, 1.807) is 6.20 Å². The van der Waals surface area contributed by atoms with Gasteiger partial charge < -0.3 is 15.0 Å². The second-order valence-corrected chi connectivity index (χ2v) is 5.36. The van der Waals surface area contributed by atoms with Crippen LogP contribution in [0.1, 0.15) is 6.42 Å². The summed E-state index contributed by atoms with van der Waals surface area (Å²) < 4.78 is 33.4. The summed E-state index contributed by atoms with van der Waals surface area (Å²) >= 11 is 1.44. The number of hydrogen-bond acceptors (Lipinski definition) is 7. The lowest BCUT2D eigenvalue weighted by Gasteiger charge is -2.03. The number of thioether (sulfide) groups is 1. The molecule has 1 N–H and O–H groups in total. The van der Waals surface area contributed by atoms with Gasteiger partial charge in [-0.15, -0.1) is 5.10 Å². The molecule has 0 radical (unpaired) electrons. The third-order valence-electron chi connectivity index (χ3n) is 2.72. The Hall–Kier alpha value is -2.76. The van der Waals surface area contributed by atoms with Gasteiger partial charge in [0.25, 0.3) is 0 Å². The smallest absolute Gasteiger partial charge is 0.430 e. The number of pyridine rings is 1. The van der Waals surface area contributed by atoms with Crippen molar-refractivity contribution in [3.63, 3.8) is 0 Å². The number of halogens is 3. The Balaban J connectivity index is 0.000000412. The quantitative estimate of drug-likeness (QED) is 0.573. The minimum atomic E-state index is -5.19. The summed E-state index contributed by atoms with van der Waals surface area (Å²) in [6.07, 6.45) is 2.08. The Labute approximate surface area is 149 Å². The van der Waals surface area contributed by atoms with Gasteiger partial charge >= 0.3 is 12.1 Å². The van der Waals surface area contributed by atoms with Crippen LogP contribution >= 0.6 is 11.8 Å². The molecule has 0 aromatic carbocycles. The van der Waals surface area contributed by atoms with Gasteiger partial charge in [-0.2, -0.15) is 18.3 Å². The summed E-state index contributed by atoms with van der Waals surface area (Å²) in [5.74, 6) is -3.81. The average molecular weight is 390 g/mol. The zero-order valence-electron chi connectivity index (χ0n) is 13.3. The van der Waals surface area contributed by atoms with Gasteiger partial charge in [-0.05, 0) is 6.26 Å². The van der Waals surface area contributed by atoms with E-state index in [2.05, 4.69) is 15.2 Å². The number of aryl methyl sites for hydroxylation is 1. The van der Waals surface area contributed by atoms with Crippen LogP contribution in [0.5, 0.6) is 0 Å². The number of carbonyl (C=O) groups excluding carboxylic acids is 1. The highest BCUT2D eigenvalue weighted by molar-refractivity contribution is 7.98. The van der Waals surface area contributed by atoms with E-state index in [-0.39, 0.29) is 6.42 Å². The first-order valence-corrected chi connectivity index (χ1v) is 8.09. The lowest BCUT2D eigenvalue weighted by molar-refractivity contribution is -0.695. The average Bonchev–Trinajstić information content (AvgIpc) is 2.60. The van der Waals surface area contributed by atoms with Crippen molar-refractivity contribution in [3.05, 3.63) is 30.7 Å². The fourth-order valence-corrected chi connectivity index (χ4v) is 1.83. The van der Waals surface area contributed by atoms with Crippen molar-refractivity contribution in [3.8, 4) is 11.3 Å². The van der Waals surface area contributed by atoms with Crippen molar-refractivity contribution < 1.29 is 37.5 Å². The number of nitrogens with zero attached hydrogens (tertiary/aromatic N) is 4. The van der Waals surface area contributed by atoms with E-state index in [0.29, 0.717) is 11.7 Å². The van der Waals surface area contributed by atoms with Gasteiger partial charge in [-0.1, -0.05) is 11.8 Å². The lowest BCUT2D eigenvalue weighted by atomic mass is 10.2. The van der Waals surface area contributed by atoms with Gasteiger partial charge in [-0.25, -0.2) is 9.55 Å². The van der Waals surface area contributed by atoms with Gasteiger partial charge in [-0.3, -0.25) is 4.79 Å². The molecule has 0 fully saturated rings. The van der Waals surface area contributed by atoms with Gasteiger partial charge in [0.1, 0.15) is 12.4 Å². The third kappa shape index (κ3) is 7.42. The van der Waals surface area contributed by atoms with E-state index in [1.807, 2.05) is 35.3 Å². The minimum Gasteiger partial charge on any atom is -0.542 e. The molecule has 0 atom stereocenters. The van der Waals surface area contributed by atoms with Crippen molar-refractivity contribution in [2.75, 3.05) is 6.26 Å². The van der Waals surface area contributed by atoms with Crippen LogP contribution in [0.25, 0.3) is 11.3 Å². The topological polar surface area (TPSA) is 120 Å². The molecule has 140 valence electrons. The lowest BCUT2D eigenvalue weighted by Crippen LogP contribution is -2.37. The van der Waals surface area contributed by atoms with Gasteiger partial charge in [0.2, 0.25) is 5.16 Å². The van der Waals surface area contributed by atoms with E-state index < -0.39 is 18.1 Å². The number of carboxylic acid groups (broad SMARTS) is 2. The molecule has 0 saturated heterocycles. The second kappa shape index (κ2) is 9.65. The maximum absolute atomic E-state index is 10.5. The highest BCUT2D eigenvalue weighted by Crippen LogP contribution is 2.16. The molecular formula is C14H13F3N4O4S. The van der Waals surface area contributed by atoms with Crippen molar-refractivity contribution >= 4 is 23.7 Å². The fraction of sp³-hybridized carbons (Fsp3) is 0.286. The Morgan fingerprint density at radius 1 is 1.31 bits per heavy atom. The summed E-state index contributed by atoms with van der Waals surface area (Å²) in [7, 11) is 0. The van der Waals surface area contributed by atoms with Gasteiger partial charge in [0.05, 0.1) is 11.9 Å². The van der Waals surface area contributed by atoms with Crippen molar-refractivity contribution in [1.82, 2.24) is 15.2 Å². The summed E-state index contributed by atoms with van der Waals surface area (Å²) in [4.78, 5) is 23.6. The maximum Gasteiger partial charge on any atom is 0.430 e. The summed E-state index contributed by atoms with van der Waals surface area (Å²) in [6, 6.07) is 3.77. The minimum absolute atomic E-state index is 0.107. The first kappa shape index (κ1) is 21.3. The Kier molecular flexibility index (Phi) is 7.90. The van der Waals surface area contributed by atoms with Crippen LogP contribution in [0, 0.1) is 0 Å². The largest absolute Gasteiger partial charge is 0.542 e. The number of aliphatic carboxylic acids is 2. The van der Waals surface area contributed by atoms with E-state index in [4.69, 9.17) is 15.0 Å². The van der Waals surface area contributed by atoms with Gasteiger partial charge in [0, 0.05) is 17.7 Å². The van der Waals surface area contributed by atoms with Crippen LogP contribution in [0.3, 0.4) is 0 Å². The number of aromatic nitrogens is 4. The summed E-state index contributed by atoms with van der Waals surface area (Å²) in [5.41, 5.74) is 1.68. The van der Waals surface area contributed by atoms with Crippen LogP contribution in [0.15, 0.2) is 35.9 Å². The SMILES string of the molecule is CSc1nncc(-c2cc[n+](CCC(=O)O)cc2)n1.O=C([O-])C(F)(F)F. The first-order valence-electron chi connectivity index (χ1n) is 6.86. The molecule has 0 spiro atoms. The molecule has 12 heteroatoms. The maximum atomic E-state index is 10.5. The first-order chi connectivity index (χ1) is 12.1. The van der Waals surface area contributed by atoms with Crippen LogP contribution < -0.4 is 9.67 Å². The Bertz CT molecular complexity index is 757. The molecule has 0 saturated carbocycles. The standard InChI is InChI=1S/C12H12N4O2S.C2HF3O2/c1-19-12-14-10(8-13-15-12)9-2-5-16(6-3-9)7-4-11(17)18;3-2(4,5)1(6)7/h2-3,5-6,8H,4,7H2,1H3;(H,6,7). The predicted molar refractivity (Wildman–Crippen MR) is 80.6 cm³/mol. The van der Waals surface area contributed by atoms with Crippen LogP contribution in [-0.2, 0) is 16.1 Å². The zero-order valence-corrected chi connectivity index (χ0v) is 14.1. The number of alkyl halides is 3. The van der Waals surface area contributed by atoms with Crippen LogP contribution in [0.2, 0.25) is 0 Å². The molecular weight excluding hydrogens is 377 g/mol. The van der Waals surface area contributed by atoms with Crippen LogP contribution in [-0.4, -0.2) is 44.7 Å². The van der Waals surface area contributed by atoms with Crippen molar-refractivity contribution in [2.45, 2.75) is 24.3 Å². The molecule has 8 nitrogen and oxygen atoms in total. The van der Waals surface area contributed by atoms with Crippen molar-refractivity contribution in [1.29, 1.82) is 0 Å². The van der Waals surface area contributed by atoms with Gasteiger partial charge in [0.15, 0.2) is 18.9 Å². The zero-order chi connectivity index (χ0) is 19.7. The highest BCUT2D eigenvalue weighted by Gasteiger charge is 2.28. The molecule has 0 amide bonds. The molecule has 2 rings (SSSR count). The van der Waals surface area contributed by atoms with E-state index in [0.717, 1.165) is 11.3 Å². The fourth-order valence-electron chi connectivity index (χ4n) is 1.51. The molecule has 0 aliphatic heterocycles. The summed E-state index contributed by atoms with van der Waals surface area (Å²) in [6.45, 7) is 0.452. The van der Waals surface area contributed by atoms with E-state index in [9.17, 15) is 18.0 Å². The molecule has 2 aromatic heterocycles. The molecule has 2 aromatic rings. The Morgan fingerprint density at radius 3 is 2.35 bits per heavy atom. The van der Waals surface area contributed by atoms with E-state index in [1.165, 1.54) is 11.8 Å². The number of carbonyl (C=O) groups is 2. The molecule has 26 heavy (non-hydrogen) atoms. The third-order valence-corrected chi connectivity index (χ3v) is 3.26. The molecule has 0 aliphatic rings. The van der Waals surface area contributed by atoms with Crippen molar-refractivity contribution in [2.24, 2.45) is 0 Å². The normalized spacial score (nSPS) is 10.6. The number of rotatable bonds is 5. The summed E-state index contributed by atoms with van der Waals surface area (Å²) in [5, 5.41) is 25.8. The monoisotopic (exact) mass is 390 g/mol. The second-order valence-electron chi connectivity index (χ2n) is 4.58. The predicted octanol–water partition coefficient (Wildman–Crippen LogP) is 0.321.